The van der Waals surface area contributed by atoms with Crippen LogP contribution in [0.1, 0.15) is 63.4 Å². The first kappa shape index (κ1) is 27.6. The van der Waals surface area contributed by atoms with Gasteiger partial charge in [-0.2, -0.15) is 0 Å². The Bertz CT molecular complexity index is 1250. The lowest BCUT2D eigenvalue weighted by atomic mass is 9.82. The minimum absolute atomic E-state index is 0. The van der Waals surface area contributed by atoms with E-state index in [0.29, 0.717) is 0 Å². The molecule has 1 aliphatic rings. The molecule has 1 unspecified atom stereocenters. The lowest BCUT2D eigenvalue weighted by Gasteiger charge is -2.34. The van der Waals surface area contributed by atoms with Gasteiger partial charge < -0.3 is 21.7 Å². The molecule has 1 nitrogen and oxygen atoms in total. The molecule has 1 atom stereocenters. The van der Waals surface area contributed by atoms with Gasteiger partial charge >= 0.3 is 0 Å². The summed E-state index contributed by atoms with van der Waals surface area (Å²) in [6.45, 7) is 11.9. The molecule has 5 rings (SSSR count). The van der Waals surface area contributed by atoms with Crippen molar-refractivity contribution in [2.75, 3.05) is 7.11 Å². The van der Waals surface area contributed by atoms with Crippen molar-refractivity contribution in [1.29, 1.82) is 0 Å². The van der Waals surface area contributed by atoms with E-state index in [-0.39, 0.29) is 33.5 Å². The third-order valence-corrected chi connectivity index (χ3v) is 13.0. The number of ether oxygens (including phenoxy) is 1. The molecule has 0 spiro atoms. The molecule has 192 valence electrons. The smallest absolute Gasteiger partial charge is 0.123 e. The van der Waals surface area contributed by atoms with Crippen LogP contribution in [-0.2, 0) is 10.8 Å². The van der Waals surface area contributed by atoms with Crippen molar-refractivity contribution < 1.29 is 21.7 Å². The summed E-state index contributed by atoms with van der Waals surface area (Å²) in [5.74, 6) is 1.04. The Morgan fingerprint density at radius 2 is 1.11 bits per heavy atom. The molecule has 0 radical (unpaired) electrons. The molecule has 0 aliphatic heterocycles. The quantitative estimate of drug-likeness (QED) is 0.304. The number of hydrogen-bond acceptors (Lipinski definition) is 1. The summed E-state index contributed by atoms with van der Waals surface area (Å²) in [5.41, 5.74) is 4.66. The van der Waals surface area contributed by atoms with Crippen molar-refractivity contribution in [3.05, 3.63) is 120 Å². The summed E-state index contributed by atoms with van der Waals surface area (Å²) in [7, 11) is -0.218. The standard InChI is InChI=1S/C34H38OP.BrH/c1-25(26-22-30-32(31(23-26)35-6)34(4,5)24-33(30,2)3)36(27-16-10-7-11-17-27,28-18-12-8-13-19-28)29-20-14-9-15-21-29;/h7-23,25H,24H2,1-6H3;1H/q+1;/p-1. The maximum Gasteiger partial charge on any atom is 0.123 e. The highest BCUT2D eigenvalue weighted by Crippen LogP contribution is 2.67. The van der Waals surface area contributed by atoms with Gasteiger partial charge in [-0.05, 0) is 77.8 Å². The maximum absolute atomic E-state index is 6.12. The van der Waals surface area contributed by atoms with Crippen LogP contribution in [0.4, 0.5) is 0 Å². The van der Waals surface area contributed by atoms with E-state index in [4.69, 9.17) is 4.74 Å². The zero-order chi connectivity index (χ0) is 25.6. The topological polar surface area (TPSA) is 9.23 Å². The van der Waals surface area contributed by atoms with E-state index in [1.165, 1.54) is 32.6 Å². The monoisotopic (exact) mass is 572 g/mol. The lowest BCUT2D eigenvalue weighted by Crippen LogP contribution is -3.00. The van der Waals surface area contributed by atoms with E-state index < -0.39 is 7.26 Å². The first-order valence-corrected chi connectivity index (χ1v) is 14.9. The van der Waals surface area contributed by atoms with Crippen LogP contribution < -0.4 is 37.6 Å². The second-order valence-electron chi connectivity index (χ2n) is 11.5. The fourth-order valence-corrected chi connectivity index (χ4v) is 11.6. The van der Waals surface area contributed by atoms with Gasteiger partial charge in [0.15, 0.2) is 0 Å². The Morgan fingerprint density at radius 1 is 0.676 bits per heavy atom. The fourth-order valence-electron chi connectivity index (χ4n) is 6.89. The van der Waals surface area contributed by atoms with Gasteiger partial charge in [-0.25, -0.2) is 0 Å². The summed E-state index contributed by atoms with van der Waals surface area (Å²) < 4.78 is 6.12. The second-order valence-corrected chi connectivity index (χ2v) is 15.3. The molecular weight excluding hydrogens is 535 g/mol. The summed E-state index contributed by atoms with van der Waals surface area (Å²) in [6, 6.07) is 38.4. The molecule has 0 saturated heterocycles. The van der Waals surface area contributed by atoms with Crippen LogP contribution in [0.15, 0.2) is 103 Å². The minimum Gasteiger partial charge on any atom is -1.00 e. The van der Waals surface area contributed by atoms with Gasteiger partial charge in [0.1, 0.15) is 34.6 Å². The molecule has 4 aromatic carbocycles. The molecule has 3 heteroatoms. The second kappa shape index (κ2) is 10.4. The number of rotatable bonds is 6. The molecule has 0 fully saturated rings. The number of halogens is 1. The van der Waals surface area contributed by atoms with Crippen molar-refractivity contribution in [1.82, 2.24) is 0 Å². The van der Waals surface area contributed by atoms with Crippen molar-refractivity contribution in [2.24, 2.45) is 0 Å². The van der Waals surface area contributed by atoms with Crippen molar-refractivity contribution in [2.45, 2.75) is 57.5 Å². The van der Waals surface area contributed by atoms with Gasteiger partial charge in [-0.1, -0.05) is 88.4 Å². The zero-order valence-corrected chi connectivity index (χ0v) is 25.3. The molecule has 0 heterocycles. The Kier molecular flexibility index (Phi) is 7.76. The van der Waals surface area contributed by atoms with E-state index in [1.54, 1.807) is 0 Å². The van der Waals surface area contributed by atoms with Gasteiger partial charge in [0.25, 0.3) is 0 Å². The van der Waals surface area contributed by atoms with E-state index in [0.717, 1.165) is 12.2 Å². The molecule has 0 aromatic heterocycles. The van der Waals surface area contributed by atoms with E-state index in [2.05, 4.69) is 138 Å². The van der Waals surface area contributed by atoms with Crippen LogP contribution in [0.2, 0.25) is 0 Å². The largest absolute Gasteiger partial charge is 1.00 e. The Labute approximate surface area is 234 Å². The zero-order valence-electron chi connectivity index (χ0n) is 22.8. The molecule has 4 aromatic rings. The first-order valence-electron chi connectivity index (χ1n) is 13.0. The van der Waals surface area contributed by atoms with Crippen LogP contribution in [0.3, 0.4) is 0 Å². The number of benzene rings is 4. The Balaban J connectivity index is 0.00000320. The number of methoxy groups -OCH3 is 1. The number of hydrogen-bond donors (Lipinski definition) is 0. The molecular formula is C34H38BrOP. The lowest BCUT2D eigenvalue weighted by molar-refractivity contribution is -0.00000840. The van der Waals surface area contributed by atoms with Crippen molar-refractivity contribution in [3.8, 4) is 5.75 Å². The maximum atomic E-state index is 6.12. The van der Waals surface area contributed by atoms with Crippen LogP contribution in [-0.4, -0.2) is 7.11 Å². The van der Waals surface area contributed by atoms with Crippen LogP contribution in [0, 0.1) is 0 Å². The summed E-state index contributed by atoms with van der Waals surface area (Å²) in [5, 5.41) is 4.23. The summed E-state index contributed by atoms with van der Waals surface area (Å²) in [4.78, 5) is 0. The van der Waals surface area contributed by atoms with Crippen LogP contribution in [0.25, 0.3) is 0 Å². The summed E-state index contributed by atoms with van der Waals surface area (Å²) >= 11 is 0. The van der Waals surface area contributed by atoms with Gasteiger partial charge in [0, 0.05) is 5.56 Å². The SMILES string of the molecule is COc1cc(C(C)[P+](c2ccccc2)(c2ccccc2)c2ccccc2)cc2c1C(C)(C)CC2(C)C.[Br-]. The third-order valence-electron chi connectivity index (χ3n) is 8.19. The highest BCUT2D eigenvalue weighted by molar-refractivity contribution is 7.95. The van der Waals surface area contributed by atoms with E-state index in [1.807, 2.05) is 7.11 Å². The third kappa shape index (κ3) is 4.58. The fraction of sp³-hybridized carbons (Fsp3) is 0.294. The molecule has 37 heavy (non-hydrogen) atoms. The highest BCUT2D eigenvalue weighted by Gasteiger charge is 2.52. The van der Waals surface area contributed by atoms with Gasteiger partial charge in [-0.3, -0.25) is 0 Å². The minimum atomic E-state index is -2.05. The van der Waals surface area contributed by atoms with E-state index in [9.17, 15) is 0 Å². The van der Waals surface area contributed by atoms with Gasteiger partial charge in [0.2, 0.25) is 0 Å². The normalized spacial score (nSPS) is 16.4. The first-order chi connectivity index (χ1) is 17.2. The molecule has 0 amide bonds. The predicted molar refractivity (Wildman–Crippen MR) is 157 cm³/mol. The van der Waals surface area contributed by atoms with Crippen LogP contribution >= 0.6 is 7.26 Å². The molecule has 0 saturated carbocycles. The molecule has 0 N–H and O–H groups in total. The van der Waals surface area contributed by atoms with Gasteiger partial charge in [-0.15, -0.1) is 0 Å². The van der Waals surface area contributed by atoms with Crippen molar-refractivity contribution >= 4 is 23.2 Å². The van der Waals surface area contributed by atoms with Crippen molar-refractivity contribution in [3.63, 3.8) is 0 Å². The van der Waals surface area contributed by atoms with Gasteiger partial charge in [0.05, 0.1) is 7.11 Å². The average Bonchev–Trinajstić information content (AvgIpc) is 3.09. The predicted octanol–water partition coefficient (Wildman–Crippen LogP) is 4.71. The van der Waals surface area contributed by atoms with Crippen LogP contribution in [0.5, 0.6) is 5.75 Å². The average molecular weight is 574 g/mol. The molecule has 0 bridgehead atoms. The highest BCUT2D eigenvalue weighted by atomic mass is 79.9. The molecule has 1 aliphatic carbocycles. The Hall–Kier alpha value is -2.41. The van der Waals surface area contributed by atoms with E-state index >= 15 is 0 Å². The Morgan fingerprint density at radius 3 is 1.51 bits per heavy atom. The summed E-state index contributed by atoms with van der Waals surface area (Å²) in [6.07, 6.45) is 1.12. The number of fused-ring (bicyclic) bond motifs is 1.